The molecule has 32 heavy (non-hydrogen) atoms. The molecule has 3 aromatic rings. The number of likely N-dealkylation sites (tertiary alicyclic amines) is 1. The number of aryl methyl sites for hydroxylation is 1. The molecule has 0 spiro atoms. The number of aromatic nitrogens is 2. The maximum absolute atomic E-state index is 13.6. The van der Waals surface area contributed by atoms with Crippen molar-refractivity contribution in [1.82, 2.24) is 15.0 Å². The van der Waals surface area contributed by atoms with Crippen molar-refractivity contribution in [2.24, 2.45) is 0 Å². The number of rotatable bonds is 5. The van der Waals surface area contributed by atoms with Crippen molar-refractivity contribution in [3.8, 4) is 0 Å². The van der Waals surface area contributed by atoms with E-state index in [-0.39, 0.29) is 34.3 Å². The number of carbonyl (C=O) groups excluding carboxylic acids is 1. The molecule has 0 N–H and O–H groups in total. The predicted octanol–water partition coefficient (Wildman–Crippen LogP) is 5.11. The van der Waals surface area contributed by atoms with Crippen molar-refractivity contribution in [1.29, 1.82) is 0 Å². The van der Waals surface area contributed by atoms with E-state index in [1.54, 1.807) is 17.0 Å². The number of hydrogen-bond acceptors (Lipinski definition) is 5. The van der Waals surface area contributed by atoms with Crippen molar-refractivity contribution in [3.05, 3.63) is 58.4 Å². The highest BCUT2D eigenvalue weighted by Crippen LogP contribution is 2.40. The standard InChI is InChI=1S/C23H24F3N3O3/c1-3-31-13-15-4-6-17(7-5-15)22(30)29-10-8-16(9-11-29)20-19-18(23(24,25)26)12-14(2)27-21(19)32-28-20/h4-7,12,16H,3,8-11,13H2,1-2H3. The van der Waals surface area contributed by atoms with Crippen LogP contribution in [0.5, 0.6) is 0 Å². The molecule has 0 radical (unpaired) electrons. The summed E-state index contributed by atoms with van der Waals surface area (Å²) in [5.41, 5.74) is 1.19. The van der Waals surface area contributed by atoms with Crippen molar-refractivity contribution in [3.63, 3.8) is 0 Å². The summed E-state index contributed by atoms with van der Waals surface area (Å²) in [5.74, 6) is -0.329. The predicted molar refractivity (Wildman–Crippen MR) is 111 cm³/mol. The third-order valence-corrected chi connectivity index (χ3v) is 5.75. The molecule has 6 nitrogen and oxygen atoms in total. The Morgan fingerprint density at radius 3 is 2.53 bits per heavy atom. The summed E-state index contributed by atoms with van der Waals surface area (Å²) in [6.07, 6.45) is -3.53. The van der Waals surface area contributed by atoms with Crippen LogP contribution in [-0.2, 0) is 17.5 Å². The third kappa shape index (κ3) is 4.48. The second-order valence-corrected chi connectivity index (χ2v) is 7.96. The molecule has 3 heterocycles. The van der Waals surface area contributed by atoms with Gasteiger partial charge in [0.25, 0.3) is 11.6 Å². The first kappa shape index (κ1) is 22.3. The lowest BCUT2D eigenvalue weighted by molar-refractivity contribution is -0.136. The lowest BCUT2D eigenvalue weighted by atomic mass is 9.90. The van der Waals surface area contributed by atoms with Gasteiger partial charge in [0.05, 0.1) is 23.3 Å². The van der Waals surface area contributed by atoms with Gasteiger partial charge in [-0.3, -0.25) is 4.79 Å². The van der Waals surface area contributed by atoms with E-state index in [9.17, 15) is 18.0 Å². The molecule has 1 aromatic carbocycles. The second-order valence-electron chi connectivity index (χ2n) is 7.96. The molecule has 1 aliphatic rings. The molecule has 0 bridgehead atoms. The van der Waals surface area contributed by atoms with Crippen LogP contribution in [0.4, 0.5) is 13.2 Å². The lowest BCUT2D eigenvalue weighted by Crippen LogP contribution is -2.38. The summed E-state index contributed by atoms with van der Waals surface area (Å²) in [6, 6.07) is 8.31. The number of pyridine rings is 1. The highest BCUT2D eigenvalue weighted by molar-refractivity contribution is 5.94. The lowest BCUT2D eigenvalue weighted by Gasteiger charge is -2.31. The van der Waals surface area contributed by atoms with E-state index >= 15 is 0 Å². The fourth-order valence-electron chi connectivity index (χ4n) is 4.10. The van der Waals surface area contributed by atoms with Crippen LogP contribution in [0.1, 0.15) is 58.6 Å². The number of piperidine rings is 1. The average molecular weight is 447 g/mol. The molecule has 0 unspecified atom stereocenters. The van der Waals surface area contributed by atoms with E-state index in [0.29, 0.717) is 44.7 Å². The van der Waals surface area contributed by atoms with E-state index in [4.69, 9.17) is 9.26 Å². The molecule has 1 aliphatic heterocycles. The minimum absolute atomic E-state index is 0.0715. The van der Waals surface area contributed by atoms with Crippen LogP contribution in [0.2, 0.25) is 0 Å². The average Bonchev–Trinajstić information content (AvgIpc) is 3.20. The summed E-state index contributed by atoms with van der Waals surface area (Å²) in [4.78, 5) is 18.7. The minimum atomic E-state index is -4.53. The van der Waals surface area contributed by atoms with Crippen LogP contribution < -0.4 is 0 Å². The number of hydrogen-bond donors (Lipinski definition) is 0. The van der Waals surface area contributed by atoms with Gasteiger partial charge in [0, 0.05) is 36.9 Å². The van der Waals surface area contributed by atoms with Crippen molar-refractivity contribution >= 4 is 17.0 Å². The van der Waals surface area contributed by atoms with Gasteiger partial charge in [0.1, 0.15) is 0 Å². The first-order valence-electron chi connectivity index (χ1n) is 10.6. The van der Waals surface area contributed by atoms with Gasteiger partial charge in [0.2, 0.25) is 0 Å². The second kappa shape index (κ2) is 8.90. The SMILES string of the molecule is CCOCc1ccc(C(=O)N2CCC(c3noc4nc(C)cc(C(F)(F)F)c34)CC2)cc1. The molecular formula is C23H24F3N3O3. The summed E-state index contributed by atoms with van der Waals surface area (Å²) in [7, 11) is 0. The topological polar surface area (TPSA) is 68.5 Å². The number of fused-ring (bicyclic) bond motifs is 1. The summed E-state index contributed by atoms with van der Waals surface area (Å²) in [6.45, 7) is 5.39. The van der Waals surface area contributed by atoms with Crippen LogP contribution >= 0.6 is 0 Å². The molecule has 0 aliphatic carbocycles. The number of ether oxygens (including phenoxy) is 1. The van der Waals surface area contributed by atoms with E-state index in [0.717, 1.165) is 11.6 Å². The van der Waals surface area contributed by atoms with Gasteiger partial charge in [-0.25, -0.2) is 4.98 Å². The first-order chi connectivity index (χ1) is 15.3. The largest absolute Gasteiger partial charge is 0.417 e. The number of alkyl halides is 3. The quantitative estimate of drug-likeness (QED) is 0.544. The first-order valence-corrected chi connectivity index (χ1v) is 10.6. The molecule has 1 fully saturated rings. The maximum Gasteiger partial charge on any atom is 0.417 e. The number of benzene rings is 1. The van der Waals surface area contributed by atoms with Gasteiger partial charge in [-0.1, -0.05) is 17.3 Å². The van der Waals surface area contributed by atoms with Crippen molar-refractivity contribution in [2.75, 3.05) is 19.7 Å². The van der Waals surface area contributed by atoms with Crippen LogP contribution in [-0.4, -0.2) is 40.6 Å². The number of nitrogens with zero attached hydrogens (tertiary/aromatic N) is 3. The monoisotopic (exact) mass is 447 g/mol. The summed E-state index contributed by atoms with van der Waals surface area (Å²) in [5, 5.41) is 3.87. The summed E-state index contributed by atoms with van der Waals surface area (Å²) >= 11 is 0. The van der Waals surface area contributed by atoms with Gasteiger partial charge in [-0.15, -0.1) is 0 Å². The molecule has 2 aromatic heterocycles. The van der Waals surface area contributed by atoms with Crippen LogP contribution in [0.15, 0.2) is 34.9 Å². The summed E-state index contributed by atoms with van der Waals surface area (Å²) < 4.78 is 51.4. The maximum atomic E-state index is 13.6. The molecule has 0 atom stereocenters. The molecule has 0 saturated carbocycles. The molecule has 170 valence electrons. The Balaban J connectivity index is 1.48. The number of halogens is 3. The number of amides is 1. The zero-order chi connectivity index (χ0) is 22.9. The molecule has 1 amide bonds. The van der Waals surface area contributed by atoms with Crippen LogP contribution in [0.25, 0.3) is 11.1 Å². The smallest absolute Gasteiger partial charge is 0.377 e. The van der Waals surface area contributed by atoms with Gasteiger partial charge in [-0.05, 0) is 50.5 Å². The van der Waals surface area contributed by atoms with E-state index in [1.807, 2.05) is 19.1 Å². The Morgan fingerprint density at radius 2 is 1.91 bits per heavy atom. The Bertz CT molecular complexity index is 1100. The van der Waals surface area contributed by atoms with Gasteiger partial charge in [0.15, 0.2) is 0 Å². The normalized spacial score (nSPS) is 15.5. The minimum Gasteiger partial charge on any atom is -0.377 e. The van der Waals surface area contributed by atoms with Crippen molar-refractivity contribution in [2.45, 2.75) is 45.4 Å². The molecule has 4 rings (SSSR count). The fraction of sp³-hybridized carbons (Fsp3) is 0.435. The van der Waals surface area contributed by atoms with Crippen molar-refractivity contribution < 1.29 is 27.2 Å². The fourth-order valence-corrected chi connectivity index (χ4v) is 4.10. The zero-order valence-corrected chi connectivity index (χ0v) is 17.9. The Hall–Kier alpha value is -2.94. The zero-order valence-electron chi connectivity index (χ0n) is 17.9. The van der Waals surface area contributed by atoms with E-state index in [2.05, 4.69) is 10.1 Å². The van der Waals surface area contributed by atoms with Gasteiger partial charge >= 0.3 is 6.18 Å². The molecule has 1 saturated heterocycles. The van der Waals surface area contributed by atoms with E-state index in [1.165, 1.54) is 6.92 Å². The molecular weight excluding hydrogens is 423 g/mol. The number of carbonyl (C=O) groups is 1. The third-order valence-electron chi connectivity index (χ3n) is 5.75. The Morgan fingerprint density at radius 1 is 1.22 bits per heavy atom. The Labute approximate surface area is 183 Å². The van der Waals surface area contributed by atoms with Gasteiger partial charge in [-0.2, -0.15) is 13.2 Å². The van der Waals surface area contributed by atoms with E-state index < -0.39 is 11.7 Å². The Kier molecular flexibility index (Phi) is 6.19. The van der Waals surface area contributed by atoms with Crippen LogP contribution in [0, 0.1) is 6.92 Å². The van der Waals surface area contributed by atoms with Gasteiger partial charge < -0.3 is 14.2 Å². The highest BCUT2D eigenvalue weighted by Gasteiger charge is 2.37. The van der Waals surface area contributed by atoms with Crippen LogP contribution in [0.3, 0.4) is 0 Å². The molecule has 9 heteroatoms. The highest BCUT2D eigenvalue weighted by atomic mass is 19.4.